The van der Waals surface area contributed by atoms with Gasteiger partial charge in [-0.25, -0.2) is 0 Å². The van der Waals surface area contributed by atoms with E-state index in [1.165, 1.54) is 5.56 Å². The predicted octanol–water partition coefficient (Wildman–Crippen LogP) is 4.72. The lowest BCUT2D eigenvalue weighted by atomic mass is 9.87. The summed E-state index contributed by atoms with van der Waals surface area (Å²) >= 11 is 0. The molecule has 0 bridgehead atoms. The van der Waals surface area contributed by atoms with Gasteiger partial charge in [0.2, 0.25) is 0 Å². The maximum atomic E-state index is 11.1. The van der Waals surface area contributed by atoms with E-state index in [9.17, 15) is 4.79 Å². The van der Waals surface area contributed by atoms with E-state index in [-0.39, 0.29) is 5.41 Å². The lowest BCUT2D eigenvalue weighted by molar-refractivity contribution is -0.138. The van der Waals surface area contributed by atoms with Crippen LogP contribution in [-0.4, -0.2) is 17.3 Å². The van der Waals surface area contributed by atoms with Crippen LogP contribution in [0.15, 0.2) is 53.7 Å². The fourth-order valence-electron chi connectivity index (χ4n) is 2.36. The van der Waals surface area contributed by atoms with E-state index in [0.29, 0.717) is 6.61 Å². The third-order valence-corrected chi connectivity index (χ3v) is 4.11. The zero-order chi connectivity index (χ0) is 18.4. The number of nitrogens with zero attached hydrogens (tertiary/aromatic N) is 1. The predicted molar refractivity (Wildman–Crippen MR) is 100 cm³/mol. The zero-order valence-corrected chi connectivity index (χ0v) is 15.2. The van der Waals surface area contributed by atoms with Crippen molar-refractivity contribution in [2.75, 3.05) is 0 Å². The van der Waals surface area contributed by atoms with Gasteiger partial charge in [-0.2, -0.15) is 0 Å². The first-order valence-electron chi connectivity index (χ1n) is 8.35. The first-order valence-corrected chi connectivity index (χ1v) is 8.35. The molecule has 4 heteroatoms. The molecular formula is C21H25NO3. The third kappa shape index (κ3) is 5.45. The van der Waals surface area contributed by atoms with Gasteiger partial charge in [0.15, 0.2) is 0 Å². The van der Waals surface area contributed by atoms with Gasteiger partial charge in [0, 0.05) is 0 Å². The summed E-state index contributed by atoms with van der Waals surface area (Å²) in [5.41, 5.74) is 4.03. The number of benzene rings is 2. The topological polar surface area (TPSA) is 58.9 Å². The second-order valence-corrected chi connectivity index (χ2v) is 7.18. The van der Waals surface area contributed by atoms with Gasteiger partial charge in [0.1, 0.15) is 6.61 Å². The Hall–Kier alpha value is -2.62. The Morgan fingerprint density at radius 3 is 2.48 bits per heavy atom. The number of carboxylic acids is 1. The van der Waals surface area contributed by atoms with Crippen molar-refractivity contribution in [2.45, 2.75) is 45.6 Å². The Bertz CT molecular complexity index is 742. The SMILES string of the molecule is CC(C(=O)O)c1cccc(C=NOCc2ccc(C(C)(C)C)cc2)c1. The Labute approximate surface area is 149 Å². The lowest BCUT2D eigenvalue weighted by Gasteiger charge is -2.18. The van der Waals surface area contributed by atoms with Gasteiger partial charge in [-0.05, 0) is 40.7 Å². The fraction of sp³-hybridized carbons (Fsp3) is 0.333. The minimum absolute atomic E-state index is 0.135. The monoisotopic (exact) mass is 339 g/mol. The van der Waals surface area contributed by atoms with Crippen LogP contribution in [0.25, 0.3) is 0 Å². The molecule has 132 valence electrons. The number of hydrogen-bond acceptors (Lipinski definition) is 3. The molecule has 1 unspecified atom stereocenters. The molecule has 2 aromatic rings. The van der Waals surface area contributed by atoms with Gasteiger partial charge < -0.3 is 9.94 Å². The molecular weight excluding hydrogens is 314 g/mol. The fourth-order valence-corrected chi connectivity index (χ4v) is 2.36. The molecule has 0 amide bonds. The van der Waals surface area contributed by atoms with Crippen molar-refractivity contribution in [3.05, 3.63) is 70.8 Å². The molecule has 0 fully saturated rings. The van der Waals surface area contributed by atoms with Crippen LogP contribution in [0.3, 0.4) is 0 Å². The van der Waals surface area contributed by atoms with Crippen molar-refractivity contribution >= 4 is 12.2 Å². The van der Waals surface area contributed by atoms with Crippen LogP contribution < -0.4 is 0 Å². The van der Waals surface area contributed by atoms with E-state index in [4.69, 9.17) is 9.94 Å². The van der Waals surface area contributed by atoms with E-state index in [2.05, 4.69) is 38.1 Å². The molecule has 0 saturated carbocycles. The van der Waals surface area contributed by atoms with Gasteiger partial charge in [-0.15, -0.1) is 0 Å². The Kier molecular flexibility index (Phi) is 5.97. The minimum Gasteiger partial charge on any atom is -0.481 e. The first kappa shape index (κ1) is 18.7. The van der Waals surface area contributed by atoms with Gasteiger partial charge in [0.25, 0.3) is 0 Å². The number of hydrogen-bond donors (Lipinski definition) is 1. The average molecular weight is 339 g/mol. The van der Waals surface area contributed by atoms with Gasteiger partial charge in [-0.3, -0.25) is 4.79 Å². The summed E-state index contributed by atoms with van der Waals surface area (Å²) in [5.74, 6) is -1.39. The van der Waals surface area contributed by atoms with E-state index in [1.807, 2.05) is 30.3 Å². The Morgan fingerprint density at radius 1 is 1.20 bits per heavy atom. The smallest absolute Gasteiger partial charge is 0.310 e. The quantitative estimate of drug-likeness (QED) is 0.612. The molecule has 0 aromatic heterocycles. The Morgan fingerprint density at radius 2 is 1.88 bits per heavy atom. The van der Waals surface area contributed by atoms with Gasteiger partial charge in [0.05, 0.1) is 12.1 Å². The number of aliphatic carboxylic acids is 1. The highest BCUT2D eigenvalue weighted by atomic mass is 16.6. The highest BCUT2D eigenvalue weighted by Crippen LogP contribution is 2.22. The second-order valence-electron chi connectivity index (χ2n) is 7.18. The Balaban J connectivity index is 1.93. The molecule has 2 rings (SSSR count). The maximum absolute atomic E-state index is 11.1. The molecule has 1 N–H and O–H groups in total. The second kappa shape index (κ2) is 7.97. The molecule has 0 aliphatic rings. The zero-order valence-electron chi connectivity index (χ0n) is 15.2. The summed E-state index contributed by atoms with van der Waals surface area (Å²) in [4.78, 5) is 16.4. The van der Waals surface area contributed by atoms with Gasteiger partial charge in [-0.1, -0.05) is 68.4 Å². The third-order valence-electron chi connectivity index (χ3n) is 4.11. The molecule has 0 radical (unpaired) electrons. The number of carboxylic acid groups (broad SMARTS) is 1. The van der Waals surface area contributed by atoms with Gasteiger partial charge >= 0.3 is 5.97 Å². The summed E-state index contributed by atoms with van der Waals surface area (Å²) in [6.45, 7) is 8.61. The maximum Gasteiger partial charge on any atom is 0.310 e. The first-order chi connectivity index (χ1) is 11.8. The van der Waals surface area contributed by atoms with Crippen LogP contribution in [0.4, 0.5) is 0 Å². The van der Waals surface area contributed by atoms with Crippen LogP contribution in [0.1, 0.15) is 55.9 Å². The number of carbonyl (C=O) groups is 1. The summed E-state index contributed by atoms with van der Waals surface area (Å²) in [7, 11) is 0. The summed E-state index contributed by atoms with van der Waals surface area (Å²) in [5, 5.41) is 13.1. The summed E-state index contributed by atoms with van der Waals surface area (Å²) in [6.07, 6.45) is 1.60. The minimum atomic E-state index is -0.843. The normalized spacial score (nSPS) is 13.0. The highest BCUT2D eigenvalue weighted by molar-refractivity contribution is 5.81. The largest absolute Gasteiger partial charge is 0.481 e. The van der Waals surface area contributed by atoms with Crippen LogP contribution in [0, 0.1) is 0 Å². The van der Waals surface area contributed by atoms with Crippen molar-refractivity contribution in [2.24, 2.45) is 5.16 Å². The van der Waals surface area contributed by atoms with Crippen molar-refractivity contribution < 1.29 is 14.7 Å². The summed E-state index contributed by atoms with van der Waals surface area (Å²) < 4.78 is 0. The van der Waals surface area contributed by atoms with E-state index in [1.54, 1.807) is 19.2 Å². The molecule has 25 heavy (non-hydrogen) atoms. The molecule has 2 aromatic carbocycles. The van der Waals surface area contributed by atoms with Crippen LogP contribution in [0.5, 0.6) is 0 Å². The van der Waals surface area contributed by atoms with E-state index >= 15 is 0 Å². The number of oxime groups is 1. The standard InChI is InChI=1S/C21H25NO3/c1-15(20(23)24)18-7-5-6-17(12-18)13-22-25-14-16-8-10-19(11-9-16)21(2,3)4/h5-13,15H,14H2,1-4H3,(H,23,24). The molecule has 0 aliphatic carbocycles. The van der Waals surface area contributed by atoms with E-state index < -0.39 is 11.9 Å². The average Bonchev–Trinajstić information content (AvgIpc) is 2.58. The molecule has 0 spiro atoms. The highest BCUT2D eigenvalue weighted by Gasteiger charge is 2.13. The van der Waals surface area contributed by atoms with E-state index in [0.717, 1.165) is 16.7 Å². The summed E-state index contributed by atoms with van der Waals surface area (Å²) in [6, 6.07) is 15.6. The molecule has 0 aliphatic heterocycles. The molecule has 0 heterocycles. The van der Waals surface area contributed by atoms with Crippen molar-refractivity contribution in [1.29, 1.82) is 0 Å². The molecule has 1 atom stereocenters. The van der Waals surface area contributed by atoms with Crippen LogP contribution >= 0.6 is 0 Å². The van der Waals surface area contributed by atoms with Crippen molar-refractivity contribution in [3.8, 4) is 0 Å². The number of rotatable bonds is 6. The van der Waals surface area contributed by atoms with Crippen molar-refractivity contribution in [1.82, 2.24) is 0 Å². The lowest BCUT2D eigenvalue weighted by Crippen LogP contribution is -2.10. The molecule has 0 saturated heterocycles. The van der Waals surface area contributed by atoms with Crippen molar-refractivity contribution in [3.63, 3.8) is 0 Å². The van der Waals surface area contributed by atoms with Crippen LogP contribution in [0.2, 0.25) is 0 Å². The van der Waals surface area contributed by atoms with Crippen LogP contribution in [-0.2, 0) is 21.7 Å². The molecule has 4 nitrogen and oxygen atoms in total.